The van der Waals surface area contributed by atoms with Crippen LogP contribution in [0.4, 0.5) is 0 Å². The fourth-order valence-corrected chi connectivity index (χ4v) is 3.55. The number of ether oxygens (including phenoxy) is 1. The SMILES string of the molecule is COc1ccccc1C(=O)NCC(=O)N1CC=CCC1c1cccnc1.Cc1ccccc1. The van der Waals surface area contributed by atoms with E-state index in [2.05, 4.69) is 35.4 Å². The number of nitrogens with zero attached hydrogens (tertiary/aromatic N) is 2. The third kappa shape index (κ3) is 6.77. The maximum atomic E-state index is 12.7. The van der Waals surface area contributed by atoms with Gasteiger partial charge in [-0.25, -0.2) is 0 Å². The van der Waals surface area contributed by atoms with Crippen LogP contribution in [0.15, 0.2) is 91.3 Å². The molecule has 0 aliphatic carbocycles. The molecule has 6 heteroatoms. The lowest BCUT2D eigenvalue weighted by molar-refractivity contribution is -0.132. The summed E-state index contributed by atoms with van der Waals surface area (Å²) in [6.07, 6.45) is 8.25. The Bertz CT molecular complexity index is 1070. The number of nitrogens with one attached hydrogen (secondary N) is 1. The minimum atomic E-state index is -0.332. The van der Waals surface area contributed by atoms with Crippen molar-refractivity contribution in [1.29, 1.82) is 0 Å². The lowest BCUT2D eigenvalue weighted by atomic mass is 10.0. The molecule has 2 amide bonds. The first-order chi connectivity index (χ1) is 16.1. The topological polar surface area (TPSA) is 71.5 Å². The number of amides is 2. The highest BCUT2D eigenvalue weighted by atomic mass is 16.5. The summed E-state index contributed by atoms with van der Waals surface area (Å²) in [6.45, 7) is 2.53. The Morgan fingerprint density at radius 3 is 2.45 bits per heavy atom. The molecule has 3 aromatic rings. The quantitative estimate of drug-likeness (QED) is 0.596. The lowest BCUT2D eigenvalue weighted by Gasteiger charge is -2.33. The van der Waals surface area contributed by atoms with Gasteiger partial charge in [0.05, 0.1) is 25.3 Å². The molecular formula is C27H29N3O3. The van der Waals surface area contributed by atoms with Gasteiger partial charge >= 0.3 is 0 Å². The summed E-state index contributed by atoms with van der Waals surface area (Å²) in [7, 11) is 1.51. The second-order valence-corrected chi connectivity index (χ2v) is 7.59. The third-order valence-corrected chi connectivity index (χ3v) is 5.29. The predicted molar refractivity (Wildman–Crippen MR) is 129 cm³/mol. The lowest BCUT2D eigenvalue weighted by Crippen LogP contribution is -2.43. The van der Waals surface area contributed by atoms with E-state index in [-0.39, 0.29) is 24.4 Å². The Kier molecular flexibility index (Phi) is 8.77. The maximum Gasteiger partial charge on any atom is 0.255 e. The van der Waals surface area contributed by atoms with E-state index in [0.29, 0.717) is 17.9 Å². The van der Waals surface area contributed by atoms with E-state index in [4.69, 9.17) is 4.74 Å². The van der Waals surface area contributed by atoms with Crippen LogP contribution in [0.5, 0.6) is 5.75 Å². The summed E-state index contributed by atoms with van der Waals surface area (Å²) in [5, 5.41) is 2.69. The molecule has 0 fully saturated rings. The Hall–Kier alpha value is -3.93. The molecule has 0 radical (unpaired) electrons. The van der Waals surface area contributed by atoms with Gasteiger partial charge in [-0.2, -0.15) is 0 Å². The summed E-state index contributed by atoms with van der Waals surface area (Å²) in [6, 6.07) is 20.9. The van der Waals surface area contributed by atoms with E-state index in [1.165, 1.54) is 12.7 Å². The number of aryl methyl sites for hydroxylation is 1. The van der Waals surface area contributed by atoms with Gasteiger partial charge in [-0.3, -0.25) is 14.6 Å². The zero-order valence-corrected chi connectivity index (χ0v) is 19.0. The molecule has 1 unspecified atom stereocenters. The normalized spacial score (nSPS) is 14.6. The summed E-state index contributed by atoms with van der Waals surface area (Å²) < 4.78 is 5.19. The molecule has 2 heterocycles. The summed E-state index contributed by atoms with van der Waals surface area (Å²) in [5.41, 5.74) is 2.72. The second kappa shape index (κ2) is 12.2. The van der Waals surface area contributed by atoms with Crippen LogP contribution >= 0.6 is 0 Å². The first-order valence-corrected chi connectivity index (χ1v) is 10.9. The van der Waals surface area contributed by atoms with Crippen LogP contribution in [0.3, 0.4) is 0 Å². The van der Waals surface area contributed by atoms with Crippen LogP contribution in [0.1, 0.15) is 33.9 Å². The number of benzene rings is 2. The van der Waals surface area contributed by atoms with Crippen LogP contribution in [0, 0.1) is 6.92 Å². The van der Waals surface area contributed by atoms with Crippen LogP contribution in [-0.2, 0) is 4.79 Å². The molecule has 0 saturated heterocycles. The van der Waals surface area contributed by atoms with Crippen molar-refractivity contribution in [3.8, 4) is 5.75 Å². The Balaban J connectivity index is 0.000000374. The number of aromatic nitrogens is 1. The number of pyridine rings is 1. The molecule has 33 heavy (non-hydrogen) atoms. The second-order valence-electron chi connectivity index (χ2n) is 7.59. The highest BCUT2D eigenvalue weighted by Gasteiger charge is 2.26. The largest absolute Gasteiger partial charge is 0.496 e. The summed E-state index contributed by atoms with van der Waals surface area (Å²) in [5.74, 6) is 0.0133. The monoisotopic (exact) mass is 443 g/mol. The number of hydrogen-bond donors (Lipinski definition) is 1. The van der Waals surface area contributed by atoms with E-state index in [1.54, 1.807) is 41.6 Å². The van der Waals surface area contributed by atoms with Gasteiger partial charge in [0.25, 0.3) is 5.91 Å². The number of para-hydroxylation sites is 1. The minimum Gasteiger partial charge on any atom is -0.496 e. The van der Waals surface area contributed by atoms with Crippen LogP contribution in [-0.4, -0.2) is 41.9 Å². The van der Waals surface area contributed by atoms with E-state index in [0.717, 1.165) is 12.0 Å². The molecule has 4 rings (SSSR count). The molecule has 1 aliphatic heterocycles. The molecule has 2 aromatic carbocycles. The van der Waals surface area contributed by atoms with Gasteiger partial charge in [0.15, 0.2) is 0 Å². The number of carbonyl (C=O) groups excluding carboxylic acids is 2. The number of rotatable bonds is 5. The molecule has 1 N–H and O–H groups in total. The number of carbonyl (C=O) groups is 2. The van der Waals surface area contributed by atoms with Gasteiger partial charge in [0, 0.05) is 18.9 Å². The fourth-order valence-electron chi connectivity index (χ4n) is 3.55. The highest BCUT2D eigenvalue weighted by molar-refractivity contribution is 5.98. The van der Waals surface area contributed by atoms with Crippen LogP contribution < -0.4 is 10.1 Å². The van der Waals surface area contributed by atoms with Crippen molar-refractivity contribution in [3.05, 3.63) is 108 Å². The highest BCUT2D eigenvalue weighted by Crippen LogP contribution is 2.27. The molecule has 170 valence electrons. The van der Waals surface area contributed by atoms with Crippen molar-refractivity contribution < 1.29 is 14.3 Å². The Morgan fingerprint density at radius 2 is 1.79 bits per heavy atom. The number of hydrogen-bond acceptors (Lipinski definition) is 4. The average Bonchev–Trinajstić information content (AvgIpc) is 2.88. The molecule has 6 nitrogen and oxygen atoms in total. The van der Waals surface area contributed by atoms with E-state index in [9.17, 15) is 9.59 Å². The molecule has 1 aromatic heterocycles. The first-order valence-electron chi connectivity index (χ1n) is 10.9. The van der Waals surface area contributed by atoms with Crippen molar-refractivity contribution >= 4 is 11.8 Å². The summed E-state index contributed by atoms with van der Waals surface area (Å²) >= 11 is 0. The average molecular weight is 444 g/mol. The zero-order valence-electron chi connectivity index (χ0n) is 19.0. The van der Waals surface area contributed by atoms with Gasteiger partial charge in [-0.05, 0) is 37.1 Å². The van der Waals surface area contributed by atoms with E-state index < -0.39 is 0 Å². The van der Waals surface area contributed by atoms with Crippen LogP contribution in [0.25, 0.3) is 0 Å². The van der Waals surface area contributed by atoms with Crippen molar-refractivity contribution in [2.75, 3.05) is 20.2 Å². The third-order valence-electron chi connectivity index (χ3n) is 5.29. The zero-order chi connectivity index (χ0) is 23.5. The molecule has 0 bridgehead atoms. The predicted octanol–water partition coefficient (Wildman–Crippen LogP) is 4.34. The van der Waals surface area contributed by atoms with Gasteiger partial charge in [-0.1, -0.05) is 66.2 Å². The van der Waals surface area contributed by atoms with Crippen LogP contribution in [0.2, 0.25) is 0 Å². The van der Waals surface area contributed by atoms with Gasteiger partial charge < -0.3 is 15.0 Å². The standard InChI is InChI=1S/C20H21N3O3.C7H8/c1-26-18-10-3-2-8-16(18)20(25)22-14-19(24)23-12-5-4-9-17(23)15-7-6-11-21-13-15;1-7-5-3-2-4-6-7/h2-8,10-11,13,17H,9,12,14H2,1H3,(H,22,25);2-6H,1H3. The van der Waals surface area contributed by atoms with Crippen molar-refractivity contribution in [3.63, 3.8) is 0 Å². The molecule has 0 saturated carbocycles. The van der Waals surface area contributed by atoms with Crippen molar-refractivity contribution in [2.24, 2.45) is 0 Å². The minimum absolute atomic E-state index is 0.0654. The van der Waals surface area contributed by atoms with Crippen molar-refractivity contribution in [1.82, 2.24) is 15.2 Å². The summed E-state index contributed by atoms with van der Waals surface area (Å²) in [4.78, 5) is 31.0. The van der Waals surface area contributed by atoms with Gasteiger partial charge in [-0.15, -0.1) is 0 Å². The van der Waals surface area contributed by atoms with Gasteiger partial charge in [0.2, 0.25) is 5.91 Å². The maximum absolute atomic E-state index is 12.7. The Labute approximate surface area is 194 Å². The molecule has 0 spiro atoms. The Morgan fingerprint density at radius 1 is 1.03 bits per heavy atom. The fraction of sp³-hybridized carbons (Fsp3) is 0.222. The smallest absolute Gasteiger partial charge is 0.255 e. The van der Waals surface area contributed by atoms with Crippen molar-refractivity contribution in [2.45, 2.75) is 19.4 Å². The number of methoxy groups -OCH3 is 1. The molecular weight excluding hydrogens is 414 g/mol. The molecule has 1 aliphatic rings. The first kappa shape index (κ1) is 23.7. The molecule has 1 atom stereocenters. The van der Waals surface area contributed by atoms with E-state index >= 15 is 0 Å². The van der Waals surface area contributed by atoms with E-state index in [1.807, 2.05) is 36.4 Å². The van der Waals surface area contributed by atoms with Gasteiger partial charge in [0.1, 0.15) is 5.75 Å².